The van der Waals surface area contributed by atoms with Crippen LogP contribution in [0.15, 0.2) is 45.6 Å². The Hall–Kier alpha value is -0.610. The number of hydrogen-bond acceptors (Lipinski definition) is 1. The summed E-state index contributed by atoms with van der Waals surface area (Å²) in [5.74, 6) is 0. The van der Waals surface area contributed by atoms with Crippen molar-refractivity contribution in [2.75, 3.05) is 0 Å². The lowest BCUT2D eigenvalue weighted by atomic mass is 10.1. The number of nitrogens with zero attached hydrogens (tertiary/aromatic N) is 2. The van der Waals surface area contributed by atoms with Gasteiger partial charge in [0, 0.05) is 12.6 Å². The monoisotopic (exact) mass is 356 g/mol. The molecule has 0 radical (unpaired) electrons. The summed E-state index contributed by atoms with van der Waals surface area (Å²) >= 11 is 6.85. The molecular weight excluding hydrogens is 344 g/mol. The fourth-order valence-corrected chi connectivity index (χ4v) is 2.95. The van der Waals surface area contributed by atoms with Crippen molar-refractivity contribution >= 4 is 31.9 Å². The Morgan fingerprint density at radius 3 is 2.47 bits per heavy atom. The molecule has 1 heterocycles. The van der Waals surface area contributed by atoms with Crippen LogP contribution >= 0.6 is 31.9 Å². The van der Waals surface area contributed by atoms with Crippen LogP contribution in [0.3, 0.4) is 0 Å². The molecule has 2 rings (SSSR count). The molecule has 0 fully saturated rings. The topological polar surface area (TPSA) is 17.8 Å². The zero-order valence-electron chi connectivity index (χ0n) is 9.44. The molecule has 4 heteroatoms. The highest BCUT2D eigenvalue weighted by Gasteiger charge is 2.02. The third-order valence-corrected chi connectivity index (χ3v) is 3.66. The summed E-state index contributed by atoms with van der Waals surface area (Å²) in [6.07, 6.45) is 3.47. The van der Waals surface area contributed by atoms with Crippen molar-refractivity contribution in [3.8, 4) is 0 Å². The van der Waals surface area contributed by atoms with E-state index in [9.17, 15) is 0 Å². The van der Waals surface area contributed by atoms with Gasteiger partial charge in [0.2, 0.25) is 0 Å². The molecule has 0 aliphatic carbocycles. The minimum atomic E-state index is 0.882. The van der Waals surface area contributed by atoms with Gasteiger partial charge in [0.25, 0.3) is 0 Å². The van der Waals surface area contributed by atoms with E-state index >= 15 is 0 Å². The van der Waals surface area contributed by atoms with Crippen LogP contribution in [0.5, 0.6) is 0 Å². The molecule has 90 valence electrons. The summed E-state index contributed by atoms with van der Waals surface area (Å²) in [6.45, 7) is 0.957. The van der Waals surface area contributed by atoms with Gasteiger partial charge in [0.1, 0.15) is 9.21 Å². The number of rotatable bonds is 5. The first-order valence-corrected chi connectivity index (χ1v) is 7.27. The van der Waals surface area contributed by atoms with E-state index in [0.717, 1.165) is 28.6 Å². The van der Waals surface area contributed by atoms with Crippen molar-refractivity contribution in [3.05, 3.63) is 51.2 Å². The third-order valence-electron chi connectivity index (χ3n) is 2.63. The zero-order valence-corrected chi connectivity index (χ0v) is 12.6. The molecule has 0 aliphatic rings. The number of halogens is 2. The van der Waals surface area contributed by atoms with E-state index in [2.05, 4.69) is 67.3 Å². The molecule has 0 aliphatic heterocycles. The lowest BCUT2D eigenvalue weighted by Gasteiger charge is -2.03. The lowest BCUT2D eigenvalue weighted by molar-refractivity contribution is 0.547. The number of aromatic nitrogens is 2. The minimum Gasteiger partial charge on any atom is -0.257 e. The summed E-state index contributed by atoms with van der Waals surface area (Å²) in [7, 11) is 0. The van der Waals surface area contributed by atoms with Crippen LogP contribution in [-0.2, 0) is 13.0 Å². The van der Waals surface area contributed by atoms with E-state index in [1.54, 1.807) is 0 Å². The highest BCUT2D eigenvalue weighted by atomic mass is 79.9. The van der Waals surface area contributed by atoms with E-state index in [1.165, 1.54) is 12.0 Å². The first kappa shape index (κ1) is 12.8. The Kier molecular flexibility index (Phi) is 4.80. The maximum Gasteiger partial charge on any atom is 0.129 e. The maximum atomic E-state index is 4.34. The van der Waals surface area contributed by atoms with Crippen LogP contribution in [0.25, 0.3) is 0 Å². The summed E-state index contributed by atoms with van der Waals surface area (Å²) in [4.78, 5) is 0. The van der Waals surface area contributed by atoms with Crippen LogP contribution in [0.1, 0.15) is 18.4 Å². The average Bonchev–Trinajstić information content (AvgIpc) is 2.65. The molecule has 1 aromatic heterocycles. The molecule has 2 nitrogen and oxygen atoms in total. The van der Waals surface area contributed by atoms with Crippen molar-refractivity contribution in [3.63, 3.8) is 0 Å². The van der Waals surface area contributed by atoms with Gasteiger partial charge in [-0.2, -0.15) is 5.10 Å². The van der Waals surface area contributed by atoms with Crippen molar-refractivity contribution in [1.82, 2.24) is 9.78 Å². The fourth-order valence-electron chi connectivity index (χ4n) is 1.76. The number of aryl methyl sites for hydroxylation is 2. The van der Waals surface area contributed by atoms with Gasteiger partial charge in [0.15, 0.2) is 0 Å². The molecule has 0 spiro atoms. The largest absolute Gasteiger partial charge is 0.257 e. The van der Waals surface area contributed by atoms with Gasteiger partial charge in [-0.25, -0.2) is 0 Å². The molecule has 2 aromatic rings. The molecule has 1 aromatic carbocycles. The van der Waals surface area contributed by atoms with Crippen LogP contribution in [0.4, 0.5) is 0 Å². The molecule has 17 heavy (non-hydrogen) atoms. The fraction of sp³-hybridized carbons (Fsp3) is 0.308. The van der Waals surface area contributed by atoms with Crippen molar-refractivity contribution in [2.24, 2.45) is 0 Å². The van der Waals surface area contributed by atoms with Crippen molar-refractivity contribution < 1.29 is 0 Å². The van der Waals surface area contributed by atoms with Crippen LogP contribution in [0.2, 0.25) is 0 Å². The van der Waals surface area contributed by atoms with Gasteiger partial charge >= 0.3 is 0 Å². The van der Waals surface area contributed by atoms with Gasteiger partial charge in [-0.15, -0.1) is 0 Å². The number of unbranched alkanes of at least 4 members (excludes halogenated alkanes) is 1. The molecule has 0 unspecified atom stereocenters. The van der Waals surface area contributed by atoms with Crippen LogP contribution in [-0.4, -0.2) is 9.78 Å². The molecule has 0 amide bonds. The second kappa shape index (κ2) is 6.36. The van der Waals surface area contributed by atoms with E-state index in [4.69, 9.17) is 0 Å². The second-order valence-electron chi connectivity index (χ2n) is 3.96. The van der Waals surface area contributed by atoms with Gasteiger partial charge in [0.05, 0.1) is 0 Å². The smallest absolute Gasteiger partial charge is 0.129 e. The van der Waals surface area contributed by atoms with Crippen LogP contribution < -0.4 is 0 Å². The number of benzene rings is 1. The predicted octanol–water partition coefficient (Wildman–Crippen LogP) is 4.43. The standard InChI is InChI=1S/C13H14Br2N2/c14-12-10-13(15)17(16-12)9-5-4-8-11-6-2-1-3-7-11/h1-3,6-7,10H,4-5,8-9H2. The zero-order chi connectivity index (χ0) is 12.1. The second-order valence-corrected chi connectivity index (χ2v) is 5.58. The Morgan fingerprint density at radius 2 is 1.82 bits per heavy atom. The average molecular weight is 358 g/mol. The Labute approximate surface area is 118 Å². The third kappa shape index (κ3) is 3.96. The molecule has 0 atom stereocenters. The van der Waals surface area contributed by atoms with E-state index in [0.29, 0.717) is 0 Å². The summed E-state index contributed by atoms with van der Waals surface area (Å²) in [5.41, 5.74) is 1.41. The maximum absolute atomic E-state index is 4.34. The normalized spacial score (nSPS) is 10.7. The summed E-state index contributed by atoms with van der Waals surface area (Å²) in [6, 6.07) is 12.6. The highest BCUT2D eigenvalue weighted by molar-refractivity contribution is 9.11. The van der Waals surface area contributed by atoms with E-state index in [1.807, 2.05) is 10.7 Å². The Bertz CT molecular complexity index is 466. The van der Waals surface area contributed by atoms with E-state index < -0.39 is 0 Å². The Morgan fingerprint density at radius 1 is 1.06 bits per heavy atom. The van der Waals surface area contributed by atoms with Gasteiger partial charge in [-0.05, 0) is 56.7 Å². The lowest BCUT2D eigenvalue weighted by Crippen LogP contribution is -2.01. The van der Waals surface area contributed by atoms with Crippen molar-refractivity contribution in [2.45, 2.75) is 25.8 Å². The van der Waals surface area contributed by atoms with Crippen molar-refractivity contribution in [1.29, 1.82) is 0 Å². The molecular formula is C13H14Br2N2. The molecule has 0 bridgehead atoms. The highest BCUT2D eigenvalue weighted by Crippen LogP contribution is 2.17. The Balaban J connectivity index is 1.75. The van der Waals surface area contributed by atoms with Crippen LogP contribution in [0, 0.1) is 0 Å². The molecule has 0 N–H and O–H groups in total. The SMILES string of the molecule is Brc1cc(Br)n(CCCCc2ccccc2)n1. The van der Waals surface area contributed by atoms with Gasteiger partial charge in [-0.1, -0.05) is 30.3 Å². The number of hydrogen-bond donors (Lipinski definition) is 0. The van der Waals surface area contributed by atoms with Gasteiger partial charge in [-0.3, -0.25) is 4.68 Å². The summed E-state index contributed by atoms with van der Waals surface area (Å²) < 4.78 is 3.89. The summed E-state index contributed by atoms with van der Waals surface area (Å²) in [5, 5.41) is 4.34. The predicted molar refractivity (Wildman–Crippen MR) is 77.0 cm³/mol. The molecule has 0 saturated heterocycles. The quantitative estimate of drug-likeness (QED) is 0.723. The van der Waals surface area contributed by atoms with E-state index in [-0.39, 0.29) is 0 Å². The molecule has 0 saturated carbocycles. The minimum absolute atomic E-state index is 0.882. The first-order chi connectivity index (χ1) is 8.25. The first-order valence-electron chi connectivity index (χ1n) is 5.68. The van der Waals surface area contributed by atoms with Gasteiger partial charge < -0.3 is 0 Å².